The first-order valence-electron chi connectivity index (χ1n) is 11.3. The van der Waals surface area contributed by atoms with Crippen molar-refractivity contribution in [1.29, 1.82) is 0 Å². The van der Waals surface area contributed by atoms with Gasteiger partial charge < -0.3 is 0 Å². The van der Waals surface area contributed by atoms with E-state index in [0.29, 0.717) is 0 Å². The molecule has 3 fully saturated rings. The molecule has 0 spiro atoms. The first-order chi connectivity index (χ1) is 14.3. The van der Waals surface area contributed by atoms with Gasteiger partial charge in [0.15, 0.2) is 0 Å². The summed E-state index contributed by atoms with van der Waals surface area (Å²) in [5.74, 6) is 2.72. The quantitative estimate of drug-likeness (QED) is 0.489. The molecule has 2 aliphatic heterocycles. The van der Waals surface area contributed by atoms with Gasteiger partial charge in [0.1, 0.15) is 0 Å². The standard InChI is InChI=1S/C27H32P2/c1-22(29-19-9-11-23(21-29)12-10-20-29)26-17-8-18-27(26)28(24-13-4-2-5-14-24)25-15-6-3-7-16-25/h2-8,13-18,22-23H,9-12,19-21H2,1H3/q+1. The molecule has 2 aromatic carbocycles. The smallest absolute Gasteiger partial charge is 0.0622 e. The van der Waals surface area contributed by atoms with E-state index in [2.05, 4.69) is 86.8 Å². The molecule has 5 rings (SSSR count). The fraction of sp³-hybridized carbons (Fsp3) is 0.370. The summed E-state index contributed by atoms with van der Waals surface area (Å²) in [5.41, 5.74) is 2.39. The van der Waals surface area contributed by atoms with Crippen LogP contribution in [0, 0.1) is 36.8 Å². The van der Waals surface area contributed by atoms with Gasteiger partial charge in [0.2, 0.25) is 0 Å². The summed E-state index contributed by atoms with van der Waals surface area (Å²) in [5, 5.41) is 2.96. The van der Waals surface area contributed by atoms with Crippen molar-refractivity contribution < 1.29 is 0 Å². The Kier molecular flexibility index (Phi) is 6.14. The molecule has 3 aliphatic rings. The summed E-state index contributed by atoms with van der Waals surface area (Å²) in [4.78, 5) is 0. The lowest BCUT2D eigenvalue weighted by Gasteiger charge is -2.46. The molecule has 0 N–H and O–H groups in total. The molecule has 2 aromatic rings. The normalized spacial score (nSPS) is 29.2. The van der Waals surface area contributed by atoms with E-state index in [-0.39, 0.29) is 0 Å². The fourth-order valence-electron chi connectivity index (χ4n) is 5.93. The Hall–Kier alpha value is -0.700. The van der Waals surface area contributed by atoms with E-state index >= 15 is 0 Å². The van der Waals surface area contributed by atoms with Crippen LogP contribution in [0.4, 0.5) is 0 Å². The lowest BCUT2D eigenvalue weighted by Crippen LogP contribution is -2.35. The van der Waals surface area contributed by atoms with Gasteiger partial charge in [0.25, 0.3) is 0 Å². The van der Waals surface area contributed by atoms with Crippen molar-refractivity contribution in [3.63, 3.8) is 0 Å². The highest BCUT2D eigenvalue weighted by atomic mass is 31.2. The van der Waals surface area contributed by atoms with E-state index in [9.17, 15) is 0 Å². The molecule has 2 saturated heterocycles. The van der Waals surface area contributed by atoms with E-state index in [1.807, 2.05) is 0 Å². The van der Waals surface area contributed by atoms with Crippen LogP contribution in [0.5, 0.6) is 0 Å². The SMILES string of the molecule is CC([C]1[CH][CH][CH][C]1P(c1ccccc1)c1ccccc1)[P+]12CCCC(CCC1)C2. The van der Waals surface area contributed by atoms with Crippen molar-refractivity contribution in [1.82, 2.24) is 0 Å². The van der Waals surface area contributed by atoms with Crippen LogP contribution in [0.1, 0.15) is 32.6 Å². The predicted octanol–water partition coefficient (Wildman–Crippen LogP) is 6.46. The number of hydrogen-bond acceptors (Lipinski definition) is 0. The first kappa shape index (κ1) is 20.2. The third-order valence-corrected chi connectivity index (χ3v) is 15.5. The number of fused-ring (bicyclic) bond motifs is 2. The Morgan fingerprint density at radius 3 is 2.00 bits per heavy atom. The molecule has 149 valence electrons. The van der Waals surface area contributed by atoms with Crippen LogP contribution in [0.15, 0.2) is 60.7 Å². The van der Waals surface area contributed by atoms with Gasteiger partial charge in [-0.15, -0.1) is 0 Å². The maximum Gasteiger partial charge on any atom is 0.0745 e. The highest BCUT2D eigenvalue weighted by molar-refractivity contribution is 7.78. The number of rotatable bonds is 5. The summed E-state index contributed by atoms with van der Waals surface area (Å²) in [7, 11) is -1.35. The highest BCUT2D eigenvalue weighted by Gasteiger charge is 2.55. The van der Waals surface area contributed by atoms with Crippen LogP contribution in [-0.4, -0.2) is 24.1 Å². The Morgan fingerprint density at radius 1 is 0.828 bits per heavy atom. The average Bonchev–Trinajstić information content (AvgIpc) is 3.24. The third-order valence-electron chi connectivity index (χ3n) is 7.42. The number of benzene rings is 2. The zero-order chi connectivity index (χ0) is 19.7. The molecule has 0 aromatic heterocycles. The Morgan fingerprint density at radius 2 is 1.41 bits per heavy atom. The molecular weight excluding hydrogens is 386 g/mol. The molecule has 0 amide bonds. The van der Waals surface area contributed by atoms with Crippen LogP contribution < -0.4 is 10.6 Å². The molecule has 2 heterocycles. The summed E-state index contributed by atoms with van der Waals surface area (Å²) in [6.07, 6.45) is 17.9. The maximum absolute atomic E-state index is 2.60. The zero-order valence-electron chi connectivity index (χ0n) is 17.5. The molecule has 2 heteroatoms. The van der Waals surface area contributed by atoms with E-state index in [1.165, 1.54) is 36.3 Å². The van der Waals surface area contributed by atoms with Crippen LogP contribution in [0.2, 0.25) is 0 Å². The van der Waals surface area contributed by atoms with Gasteiger partial charge in [-0.25, -0.2) is 0 Å². The molecule has 1 aliphatic carbocycles. The van der Waals surface area contributed by atoms with Gasteiger partial charge >= 0.3 is 0 Å². The Bertz CT molecular complexity index is 737. The maximum atomic E-state index is 2.60. The molecule has 1 saturated carbocycles. The van der Waals surface area contributed by atoms with Crippen molar-refractivity contribution >= 4 is 25.8 Å². The van der Waals surface area contributed by atoms with Crippen molar-refractivity contribution in [3.05, 3.63) is 91.5 Å². The van der Waals surface area contributed by atoms with Gasteiger partial charge in [-0.3, -0.25) is 0 Å². The van der Waals surface area contributed by atoms with E-state index < -0.39 is 15.2 Å². The molecule has 5 radical (unpaired) electrons. The molecule has 2 bridgehead atoms. The predicted molar refractivity (Wildman–Crippen MR) is 131 cm³/mol. The molecular formula is C27H32P2+. The third kappa shape index (κ3) is 3.98. The van der Waals surface area contributed by atoms with Crippen LogP contribution in [-0.2, 0) is 0 Å². The van der Waals surface area contributed by atoms with E-state index in [1.54, 1.807) is 30.1 Å². The van der Waals surface area contributed by atoms with Crippen molar-refractivity contribution in [3.8, 4) is 0 Å². The molecule has 1 atom stereocenters. The van der Waals surface area contributed by atoms with Gasteiger partial charge in [-0.05, 0) is 76.3 Å². The molecule has 0 nitrogen and oxygen atoms in total. The van der Waals surface area contributed by atoms with E-state index in [0.717, 1.165) is 11.6 Å². The van der Waals surface area contributed by atoms with Crippen LogP contribution in [0.3, 0.4) is 0 Å². The summed E-state index contributed by atoms with van der Waals surface area (Å²) < 4.78 is 0. The zero-order valence-corrected chi connectivity index (χ0v) is 19.3. The minimum Gasteiger partial charge on any atom is -0.0622 e. The highest BCUT2D eigenvalue weighted by Crippen LogP contribution is 2.74. The summed E-state index contributed by atoms with van der Waals surface area (Å²) in [6.45, 7) is 2.60. The average molecular weight is 419 g/mol. The lowest BCUT2D eigenvalue weighted by atomic mass is 9.99. The van der Waals surface area contributed by atoms with Gasteiger partial charge in [-0.2, -0.15) is 0 Å². The van der Waals surface area contributed by atoms with Crippen molar-refractivity contribution in [2.75, 3.05) is 18.5 Å². The van der Waals surface area contributed by atoms with Gasteiger partial charge in [0, 0.05) is 18.8 Å². The fourth-order valence-corrected chi connectivity index (χ4v) is 14.1. The minimum absolute atomic E-state index is 0.486. The Labute approximate surface area is 180 Å². The van der Waals surface area contributed by atoms with Crippen molar-refractivity contribution in [2.45, 2.75) is 38.3 Å². The van der Waals surface area contributed by atoms with Crippen molar-refractivity contribution in [2.24, 2.45) is 5.92 Å². The summed E-state index contributed by atoms with van der Waals surface area (Å²) >= 11 is 0. The summed E-state index contributed by atoms with van der Waals surface area (Å²) in [6, 6.07) is 22.5. The lowest BCUT2D eigenvalue weighted by molar-refractivity contribution is 0.449. The molecule has 1 unspecified atom stereocenters. The second-order valence-corrected chi connectivity index (χ2v) is 15.7. The second kappa shape index (κ2) is 8.81. The largest absolute Gasteiger partial charge is 0.0745 e. The van der Waals surface area contributed by atoms with Crippen LogP contribution >= 0.6 is 15.2 Å². The molecule has 29 heavy (non-hydrogen) atoms. The van der Waals surface area contributed by atoms with Crippen LogP contribution in [0.25, 0.3) is 0 Å². The second-order valence-electron chi connectivity index (χ2n) is 9.05. The first-order valence-corrected chi connectivity index (χ1v) is 15.0. The number of hydrogen-bond donors (Lipinski definition) is 0. The monoisotopic (exact) mass is 418 g/mol. The van der Waals surface area contributed by atoms with Gasteiger partial charge in [0.05, 0.1) is 24.1 Å². The minimum atomic E-state index is -0.860. The Balaban J connectivity index is 1.48. The van der Waals surface area contributed by atoms with E-state index in [4.69, 9.17) is 0 Å². The van der Waals surface area contributed by atoms with Gasteiger partial charge in [-0.1, -0.05) is 60.7 Å². The topological polar surface area (TPSA) is 0 Å².